The number of benzene rings is 2. The summed E-state index contributed by atoms with van der Waals surface area (Å²) < 4.78 is 76.7. The molecule has 1 amide bonds. The quantitative estimate of drug-likeness (QED) is 0.747. The van der Waals surface area contributed by atoms with Gasteiger partial charge in [0.15, 0.2) is 0 Å². The minimum atomic E-state index is -4.96. The zero-order valence-corrected chi connectivity index (χ0v) is 12.9. The fourth-order valence-electron chi connectivity index (χ4n) is 2.12. The van der Waals surface area contributed by atoms with Crippen molar-refractivity contribution in [1.29, 1.82) is 0 Å². The predicted octanol–water partition coefficient (Wildman–Crippen LogP) is 5.21. The van der Waals surface area contributed by atoms with Crippen LogP contribution in [0.15, 0.2) is 42.5 Å². The average Bonchev–Trinajstić information content (AvgIpc) is 2.47. The van der Waals surface area contributed by atoms with E-state index < -0.39 is 35.1 Å². The van der Waals surface area contributed by atoms with E-state index in [9.17, 15) is 31.1 Å². The van der Waals surface area contributed by atoms with Gasteiger partial charge in [-0.1, -0.05) is 29.8 Å². The molecule has 134 valence electrons. The van der Waals surface area contributed by atoms with Gasteiger partial charge in [0.1, 0.15) is 0 Å². The Labute approximate surface area is 139 Å². The van der Waals surface area contributed by atoms with Crippen molar-refractivity contribution in [3.05, 3.63) is 64.7 Å². The highest BCUT2D eigenvalue weighted by Crippen LogP contribution is 2.37. The van der Waals surface area contributed by atoms with Gasteiger partial charge in [0.2, 0.25) is 5.91 Å². The number of alkyl halides is 6. The summed E-state index contributed by atoms with van der Waals surface area (Å²) in [5.41, 5.74) is -1.97. The van der Waals surface area contributed by atoms with Crippen LogP contribution in [-0.2, 0) is 23.6 Å². The number of nitrogens with one attached hydrogen (secondary N) is 1. The molecular weight excluding hydrogens is 348 g/mol. The molecule has 0 heterocycles. The van der Waals surface area contributed by atoms with E-state index in [1.54, 1.807) is 24.3 Å². The minimum absolute atomic E-state index is 0.00955. The Balaban J connectivity index is 2.25. The van der Waals surface area contributed by atoms with E-state index in [2.05, 4.69) is 5.32 Å². The molecule has 2 nitrogen and oxygen atoms in total. The molecule has 0 radical (unpaired) electrons. The van der Waals surface area contributed by atoms with Gasteiger partial charge in [-0.15, -0.1) is 0 Å². The molecule has 0 saturated heterocycles. The van der Waals surface area contributed by atoms with Crippen molar-refractivity contribution < 1.29 is 31.1 Å². The Morgan fingerprint density at radius 2 is 1.36 bits per heavy atom. The second kappa shape index (κ2) is 6.78. The summed E-state index contributed by atoms with van der Waals surface area (Å²) in [4.78, 5) is 11.9. The molecule has 0 aromatic heterocycles. The minimum Gasteiger partial charge on any atom is -0.326 e. The summed E-state index contributed by atoms with van der Waals surface area (Å²) in [7, 11) is 0. The summed E-state index contributed by atoms with van der Waals surface area (Å²) in [6.45, 7) is 1.84. The summed E-state index contributed by atoms with van der Waals surface area (Å²) in [5, 5.41) is 2.09. The second-order valence-corrected chi connectivity index (χ2v) is 5.51. The van der Waals surface area contributed by atoms with Crippen LogP contribution in [0.25, 0.3) is 0 Å². The molecule has 0 aliphatic rings. The van der Waals surface area contributed by atoms with Gasteiger partial charge in [0, 0.05) is 5.69 Å². The third kappa shape index (κ3) is 5.23. The second-order valence-electron chi connectivity index (χ2n) is 5.51. The molecule has 2 rings (SSSR count). The summed E-state index contributed by atoms with van der Waals surface area (Å²) in [6, 6.07) is 7.76. The Morgan fingerprint density at radius 1 is 0.880 bits per heavy atom. The first-order valence-electron chi connectivity index (χ1n) is 7.10. The van der Waals surface area contributed by atoms with Crippen molar-refractivity contribution in [1.82, 2.24) is 0 Å². The maximum atomic E-state index is 12.8. The lowest BCUT2D eigenvalue weighted by molar-refractivity contribution is -0.143. The molecule has 1 N–H and O–H groups in total. The lowest BCUT2D eigenvalue weighted by atomic mass is 10.1. The molecule has 0 saturated carbocycles. The van der Waals surface area contributed by atoms with Gasteiger partial charge < -0.3 is 5.32 Å². The van der Waals surface area contributed by atoms with E-state index in [1.807, 2.05) is 6.92 Å². The van der Waals surface area contributed by atoms with Crippen LogP contribution in [-0.4, -0.2) is 5.91 Å². The van der Waals surface area contributed by atoms with Crippen molar-refractivity contribution in [2.75, 3.05) is 5.32 Å². The normalized spacial score (nSPS) is 12.1. The van der Waals surface area contributed by atoms with Gasteiger partial charge in [0.25, 0.3) is 0 Å². The SMILES string of the molecule is Cc1ccc(CC(=O)Nc2cc(C(F)(F)F)cc(C(F)(F)F)c2)cc1. The van der Waals surface area contributed by atoms with Gasteiger partial charge in [-0.25, -0.2) is 0 Å². The van der Waals surface area contributed by atoms with Crippen LogP contribution >= 0.6 is 0 Å². The molecule has 25 heavy (non-hydrogen) atoms. The highest BCUT2D eigenvalue weighted by atomic mass is 19.4. The van der Waals surface area contributed by atoms with E-state index in [0.29, 0.717) is 17.7 Å². The number of carbonyl (C=O) groups excluding carboxylic acids is 1. The van der Waals surface area contributed by atoms with E-state index in [4.69, 9.17) is 0 Å². The first-order valence-corrected chi connectivity index (χ1v) is 7.10. The molecule has 0 aliphatic heterocycles. The lowest BCUT2D eigenvalue weighted by Crippen LogP contribution is -2.17. The van der Waals surface area contributed by atoms with Gasteiger partial charge in [-0.05, 0) is 30.7 Å². The maximum absolute atomic E-state index is 12.8. The fraction of sp³-hybridized carbons (Fsp3) is 0.235. The number of aryl methyl sites for hydroxylation is 1. The van der Waals surface area contributed by atoms with Gasteiger partial charge in [-0.3, -0.25) is 4.79 Å². The first-order chi connectivity index (χ1) is 11.4. The van der Waals surface area contributed by atoms with E-state index in [0.717, 1.165) is 5.56 Å². The van der Waals surface area contributed by atoms with Crippen molar-refractivity contribution in [2.24, 2.45) is 0 Å². The standard InChI is InChI=1S/C17H13F6NO/c1-10-2-4-11(5-3-10)6-15(25)24-14-8-12(16(18,19)20)7-13(9-14)17(21,22)23/h2-5,7-9H,6H2,1H3,(H,24,25). The van der Waals surface area contributed by atoms with Crippen molar-refractivity contribution in [3.8, 4) is 0 Å². The van der Waals surface area contributed by atoms with Gasteiger partial charge >= 0.3 is 12.4 Å². The number of hydrogen-bond donors (Lipinski definition) is 1. The maximum Gasteiger partial charge on any atom is 0.416 e. The molecular formula is C17H13F6NO. The van der Waals surface area contributed by atoms with Crippen LogP contribution < -0.4 is 5.32 Å². The predicted molar refractivity (Wildman–Crippen MR) is 80.0 cm³/mol. The fourth-order valence-corrected chi connectivity index (χ4v) is 2.12. The van der Waals surface area contributed by atoms with Crippen molar-refractivity contribution >= 4 is 11.6 Å². The van der Waals surface area contributed by atoms with E-state index >= 15 is 0 Å². The van der Waals surface area contributed by atoms with Crippen LogP contribution in [0.1, 0.15) is 22.3 Å². The Bertz CT molecular complexity index is 730. The topological polar surface area (TPSA) is 29.1 Å². The zero-order valence-electron chi connectivity index (χ0n) is 12.9. The van der Waals surface area contributed by atoms with Crippen LogP contribution in [0.2, 0.25) is 0 Å². The van der Waals surface area contributed by atoms with Crippen LogP contribution in [0, 0.1) is 6.92 Å². The third-order valence-electron chi connectivity index (χ3n) is 3.36. The monoisotopic (exact) mass is 361 g/mol. The number of halogens is 6. The molecule has 0 spiro atoms. The number of carbonyl (C=O) groups is 1. The number of hydrogen-bond acceptors (Lipinski definition) is 1. The smallest absolute Gasteiger partial charge is 0.326 e. The Kier molecular flexibility index (Phi) is 5.10. The third-order valence-corrected chi connectivity index (χ3v) is 3.36. The average molecular weight is 361 g/mol. The Morgan fingerprint density at radius 3 is 1.80 bits per heavy atom. The van der Waals surface area contributed by atoms with E-state index in [1.165, 1.54) is 0 Å². The first kappa shape index (κ1) is 18.8. The van der Waals surface area contributed by atoms with Crippen molar-refractivity contribution in [3.63, 3.8) is 0 Å². The molecule has 0 bridgehead atoms. The molecule has 0 fully saturated rings. The van der Waals surface area contributed by atoms with Gasteiger partial charge in [-0.2, -0.15) is 26.3 Å². The van der Waals surface area contributed by atoms with Crippen LogP contribution in [0.4, 0.5) is 32.0 Å². The molecule has 0 aliphatic carbocycles. The largest absolute Gasteiger partial charge is 0.416 e. The van der Waals surface area contributed by atoms with Crippen LogP contribution in [0.5, 0.6) is 0 Å². The molecule has 0 atom stereocenters. The zero-order chi connectivity index (χ0) is 18.8. The molecule has 2 aromatic rings. The summed E-state index contributed by atoms with van der Waals surface area (Å²) >= 11 is 0. The molecule has 0 unspecified atom stereocenters. The number of anilines is 1. The molecule has 2 aromatic carbocycles. The van der Waals surface area contributed by atoms with Gasteiger partial charge in [0.05, 0.1) is 17.5 Å². The molecule has 8 heteroatoms. The van der Waals surface area contributed by atoms with Crippen LogP contribution in [0.3, 0.4) is 0 Å². The Hall–Kier alpha value is -2.51. The highest BCUT2D eigenvalue weighted by Gasteiger charge is 2.37. The summed E-state index contributed by atoms with van der Waals surface area (Å²) in [5.74, 6) is -0.712. The number of amides is 1. The van der Waals surface area contributed by atoms with Crippen molar-refractivity contribution in [2.45, 2.75) is 25.7 Å². The number of rotatable bonds is 3. The lowest BCUT2D eigenvalue weighted by Gasteiger charge is -2.14. The highest BCUT2D eigenvalue weighted by molar-refractivity contribution is 5.92. The summed E-state index contributed by atoms with van der Waals surface area (Å²) in [6.07, 6.45) is -10.1. The van der Waals surface area contributed by atoms with E-state index in [-0.39, 0.29) is 12.5 Å².